The molecule has 18 heavy (non-hydrogen) atoms. The first-order valence-electron chi connectivity index (χ1n) is 5.23. The number of nitrogens with zero attached hydrogens (tertiary/aromatic N) is 1. The lowest BCUT2D eigenvalue weighted by Crippen LogP contribution is -2.01. The van der Waals surface area contributed by atoms with Crippen molar-refractivity contribution < 1.29 is 14.5 Å². The lowest BCUT2D eigenvalue weighted by molar-refractivity contribution is -0.383. The molecule has 2 N–H and O–H groups in total. The van der Waals surface area contributed by atoms with Gasteiger partial charge in [0.25, 0.3) is 5.69 Å². The average Bonchev–Trinajstić information content (AvgIpc) is 2.29. The molecule has 94 valence electrons. The van der Waals surface area contributed by atoms with Crippen molar-refractivity contribution in [1.82, 2.24) is 0 Å². The van der Waals surface area contributed by atoms with E-state index in [1.54, 1.807) is 6.92 Å². The fourth-order valence-corrected chi connectivity index (χ4v) is 1.23. The first kappa shape index (κ1) is 13.5. The van der Waals surface area contributed by atoms with Crippen LogP contribution in [0.2, 0.25) is 0 Å². The van der Waals surface area contributed by atoms with Crippen LogP contribution < -0.4 is 5.73 Å². The summed E-state index contributed by atoms with van der Waals surface area (Å²) in [6, 6.07) is 4.16. The van der Waals surface area contributed by atoms with Crippen molar-refractivity contribution in [3.8, 4) is 11.8 Å². The third-order valence-corrected chi connectivity index (χ3v) is 2.00. The number of hydrogen-bond donors (Lipinski definition) is 1. The van der Waals surface area contributed by atoms with Crippen molar-refractivity contribution >= 4 is 17.3 Å². The minimum absolute atomic E-state index is 0.0231. The van der Waals surface area contributed by atoms with Gasteiger partial charge in [-0.3, -0.25) is 14.9 Å². The van der Waals surface area contributed by atoms with Crippen LogP contribution in [0.15, 0.2) is 18.2 Å². The average molecular weight is 248 g/mol. The van der Waals surface area contributed by atoms with Crippen LogP contribution in [0, 0.1) is 22.0 Å². The molecule has 6 nitrogen and oxygen atoms in total. The Hall–Kier alpha value is -2.55. The van der Waals surface area contributed by atoms with Crippen LogP contribution in [0.25, 0.3) is 0 Å². The molecule has 0 bridgehead atoms. The van der Waals surface area contributed by atoms with E-state index < -0.39 is 10.9 Å². The molecule has 1 aromatic carbocycles. The number of nitrogens with two attached hydrogens (primary N) is 1. The van der Waals surface area contributed by atoms with Gasteiger partial charge in [-0.1, -0.05) is 11.8 Å². The highest BCUT2D eigenvalue weighted by Gasteiger charge is 2.10. The molecule has 1 aromatic rings. The van der Waals surface area contributed by atoms with Crippen molar-refractivity contribution in [3.63, 3.8) is 0 Å². The van der Waals surface area contributed by atoms with Crippen LogP contribution in [0.3, 0.4) is 0 Å². The van der Waals surface area contributed by atoms with Crippen LogP contribution >= 0.6 is 0 Å². The Morgan fingerprint density at radius 1 is 1.56 bits per heavy atom. The zero-order valence-electron chi connectivity index (χ0n) is 9.80. The number of hydrogen-bond acceptors (Lipinski definition) is 5. The van der Waals surface area contributed by atoms with Gasteiger partial charge in [-0.15, -0.1) is 0 Å². The van der Waals surface area contributed by atoms with Crippen molar-refractivity contribution in [2.45, 2.75) is 13.3 Å². The van der Waals surface area contributed by atoms with Gasteiger partial charge in [0, 0.05) is 11.6 Å². The molecule has 0 atom stereocenters. The quantitative estimate of drug-likeness (QED) is 0.287. The predicted molar refractivity (Wildman–Crippen MR) is 65.6 cm³/mol. The fourth-order valence-electron chi connectivity index (χ4n) is 1.23. The lowest BCUT2D eigenvalue weighted by atomic mass is 10.2. The topological polar surface area (TPSA) is 95.5 Å². The van der Waals surface area contributed by atoms with E-state index in [0.717, 1.165) is 0 Å². The van der Waals surface area contributed by atoms with E-state index in [1.165, 1.54) is 18.2 Å². The third kappa shape index (κ3) is 3.79. The SMILES string of the molecule is CCOC(=O)CC#Cc1ccc([N+](=O)[O-])c(N)c1. The number of nitro benzene ring substituents is 1. The van der Waals surface area contributed by atoms with Gasteiger partial charge in [-0.05, 0) is 19.1 Å². The second kappa shape index (κ2) is 6.25. The Bertz CT molecular complexity index is 529. The minimum atomic E-state index is -0.564. The summed E-state index contributed by atoms with van der Waals surface area (Å²) < 4.78 is 4.70. The highest BCUT2D eigenvalue weighted by atomic mass is 16.6. The van der Waals surface area contributed by atoms with Gasteiger partial charge in [-0.25, -0.2) is 0 Å². The smallest absolute Gasteiger partial charge is 0.317 e. The molecule has 0 spiro atoms. The summed E-state index contributed by atoms with van der Waals surface area (Å²) in [7, 11) is 0. The molecule has 0 heterocycles. The number of carbonyl (C=O) groups excluding carboxylic acids is 1. The van der Waals surface area contributed by atoms with Gasteiger partial charge < -0.3 is 10.5 Å². The molecule has 0 aromatic heterocycles. The standard InChI is InChI=1S/C12H12N2O4/c1-2-18-12(15)5-3-4-9-6-7-11(14(16)17)10(13)8-9/h6-8H,2,5,13H2,1H3. The first-order valence-corrected chi connectivity index (χ1v) is 5.23. The second-order valence-corrected chi connectivity index (χ2v) is 3.31. The Morgan fingerprint density at radius 2 is 2.28 bits per heavy atom. The maximum atomic E-state index is 11.0. The molecule has 0 unspecified atom stereocenters. The number of nitrogen functional groups attached to an aromatic ring is 1. The number of ether oxygens (including phenoxy) is 1. The normalized spacial score (nSPS) is 9.17. The zero-order valence-corrected chi connectivity index (χ0v) is 9.80. The second-order valence-electron chi connectivity index (χ2n) is 3.31. The Kier molecular flexibility index (Phi) is 4.69. The van der Waals surface area contributed by atoms with Crippen LogP contribution in [0.1, 0.15) is 18.9 Å². The highest BCUT2D eigenvalue weighted by molar-refractivity contribution is 5.72. The summed E-state index contributed by atoms with van der Waals surface area (Å²) in [5.41, 5.74) is 5.90. The molecule has 0 aliphatic rings. The number of rotatable bonds is 3. The van der Waals surface area contributed by atoms with Crippen LogP contribution in [0.5, 0.6) is 0 Å². The Balaban J connectivity index is 2.75. The Labute approximate surface area is 104 Å². The summed E-state index contributed by atoms with van der Waals surface area (Å²) in [5, 5.41) is 10.5. The highest BCUT2D eigenvalue weighted by Crippen LogP contribution is 2.21. The minimum Gasteiger partial charge on any atom is -0.465 e. The molecule has 0 saturated heterocycles. The van der Waals surface area contributed by atoms with Crippen LogP contribution in [-0.4, -0.2) is 17.5 Å². The molecule has 0 radical (unpaired) electrons. The number of nitro groups is 1. The molecule has 0 saturated carbocycles. The molecular formula is C12H12N2O4. The van der Waals surface area contributed by atoms with Gasteiger partial charge in [-0.2, -0.15) is 0 Å². The van der Waals surface area contributed by atoms with Gasteiger partial charge in [0.1, 0.15) is 12.1 Å². The van der Waals surface area contributed by atoms with Gasteiger partial charge in [0.05, 0.1) is 11.5 Å². The van der Waals surface area contributed by atoms with Gasteiger partial charge in [0.15, 0.2) is 0 Å². The first-order chi connectivity index (χ1) is 8.54. The number of anilines is 1. The number of esters is 1. The largest absolute Gasteiger partial charge is 0.465 e. The lowest BCUT2D eigenvalue weighted by Gasteiger charge is -1.97. The molecule has 0 aliphatic carbocycles. The molecule has 0 amide bonds. The van der Waals surface area contributed by atoms with Gasteiger partial charge >= 0.3 is 5.97 Å². The van der Waals surface area contributed by atoms with Crippen LogP contribution in [0.4, 0.5) is 11.4 Å². The number of carbonyl (C=O) groups is 1. The van der Waals surface area contributed by atoms with E-state index >= 15 is 0 Å². The Morgan fingerprint density at radius 3 is 2.83 bits per heavy atom. The van der Waals surface area contributed by atoms with E-state index in [4.69, 9.17) is 10.5 Å². The van der Waals surface area contributed by atoms with E-state index in [1.807, 2.05) is 0 Å². The summed E-state index contributed by atoms with van der Waals surface area (Å²) in [6.45, 7) is 2.02. The molecule has 0 aliphatic heterocycles. The van der Waals surface area contributed by atoms with Crippen molar-refractivity contribution in [3.05, 3.63) is 33.9 Å². The molecule has 0 fully saturated rings. The summed E-state index contributed by atoms with van der Waals surface area (Å²) in [6.07, 6.45) is -0.0231. The van der Waals surface area contributed by atoms with Crippen molar-refractivity contribution in [1.29, 1.82) is 0 Å². The number of benzene rings is 1. The van der Waals surface area contributed by atoms with Gasteiger partial charge in [0.2, 0.25) is 0 Å². The van der Waals surface area contributed by atoms with Crippen molar-refractivity contribution in [2.24, 2.45) is 0 Å². The zero-order chi connectivity index (χ0) is 13.5. The fraction of sp³-hybridized carbons (Fsp3) is 0.250. The summed E-state index contributed by atoms with van der Waals surface area (Å²) in [4.78, 5) is 21.0. The van der Waals surface area contributed by atoms with E-state index in [9.17, 15) is 14.9 Å². The maximum absolute atomic E-state index is 11.0. The maximum Gasteiger partial charge on any atom is 0.317 e. The van der Waals surface area contributed by atoms with Crippen LogP contribution in [-0.2, 0) is 9.53 Å². The third-order valence-electron chi connectivity index (χ3n) is 2.00. The predicted octanol–water partition coefficient (Wildman–Crippen LogP) is 1.48. The molecule has 1 rings (SSSR count). The summed E-state index contributed by atoms with van der Waals surface area (Å²) in [5.74, 6) is 4.90. The molecular weight excluding hydrogens is 236 g/mol. The van der Waals surface area contributed by atoms with E-state index in [0.29, 0.717) is 12.2 Å². The molecule has 6 heteroatoms. The summed E-state index contributed by atoms with van der Waals surface area (Å²) >= 11 is 0. The monoisotopic (exact) mass is 248 g/mol. The van der Waals surface area contributed by atoms with E-state index in [-0.39, 0.29) is 17.8 Å². The van der Waals surface area contributed by atoms with Crippen molar-refractivity contribution in [2.75, 3.05) is 12.3 Å². The van der Waals surface area contributed by atoms with E-state index in [2.05, 4.69) is 11.8 Å².